The molecule has 0 radical (unpaired) electrons. The molecule has 2 N–H and O–H groups in total. The van der Waals surface area contributed by atoms with Crippen LogP contribution in [-0.4, -0.2) is 39.1 Å². The molecule has 0 aromatic carbocycles. The van der Waals surface area contributed by atoms with Gasteiger partial charge in [-0.1, -0.05) is 0 Å². The minimum Gasteiger partial charge on any atom is -0.480 e. The molecule has 2 rings (SSSR count). The van der Waals surface area contributed by atoms with Crippen LogP contribution in [-0.2, 0) is 11.3 Å². The summed E-state index contributed by atoms with van der Waals surface area (Å²) in [6.45, 7) is 4.39. The van der Waals surface area contributed by atoms with Crippen LogP contribution in [0.25, 0.3) is 0 Å². The molecule has 1 aromatic heterocycles. The molecular formula is C13H19N3O3S. The van der Waals surface area contributed by atoms with E-state index in [4.69, 9.17) is 0 Å². The fraction of sp³-hybridized carbons (Fsp3) is 0.615. The molecule has 1 atom stereocenters. The lowest BCUT2D eigenvalue weighted by atomic mass is 9.89. The van der Waals surface area contributed by atoms with Crippen LogP contribution >= 0.6 is 11.3 Å². The van der Waals surface area contributed by atoms with Crippen LogP contribution in [0.2, 0.25) is 0 Å². The fourth-order valence-corrected chi connectivity index (χ4v) is 3.15. The second-order valence-corrected chi connectivity index (χ2v) is 6.51. The normalized spacial score (nSPS) is 22.6. The van der Waals surface area contributed by atoms with E-state index in [9.17, 15) is 14.7 Å². The van der Waals surface area contributed by atoms with Crippen molar-refractivity contribution in [2.45, 2.75) is 45.2 Å². The lowest BCUT2D eigenvalue weighted by Crippen LogP contribution is -2.59. The summed E-state index contributed by atoms with van der Waals surface area (Å²) in [4.78, 5) is 30.2. The second-order valence-electron chi connectivity index (χ2n) is 5.19. The van der Waals surface area contributed by atoms with Gasteiger partial charge in [0.05, 0.1) is 11.6 Å². The molecule has 0 bridgehead atoms. The first-order chi connectivity index (χ1) is 9.43. The highest BCUT2D eigenvalue weighted by Crippen LogP contribution is 2.28. The van der Waals surface area contributed by atoms with Crippen molar-refractivity contribution in [1.82, 2.24) is 15.2 Å². The molecule has 20 heavy (non-hydrogen) atoms. The SMILES string of the molecule is Cc1ncc(CNC(=O)N2CCCCC2(C)C(=O)O)s1. The van der Waals surface area contributed by atoms with E-state index in [0.717, 1.165) is 22.7 Å². The van der Waals surface area contributed by atoms with Gasteiger partial charge < -0.3 is 15.3 Å². The van der Waals surface area contributed by atoms with Crippen LogP contribution in [0.1, 0.15) is 36.1 Å². The van der Waals surface area contributed by atoms with E-state index >= 15 is 0 Å². The second kappa shape index (κ2) is 5.78. The van der Waals surface area contributed by atoms with E-state index in [1.165, 1.54) is 16.2 Å². The number of urea groups is 1. The molecule has 0 aliphatic carbocycles. The number of nitrogens with zero attached hydrogens (tertiary/aromatic N) is 2. The molecule has 1 unspecified atom stereocenters. The summed E-state index contributed by atoms with van der Waals surface area (Å²) in [6, 6.07) is -0.319. The third kappa shape index (κ3) is 2.92. The molecule has 7 heteroatoms. The zero-order chi connectivity index (χ0) is 14.8. The van der Waals surface area contributed by atoms with E-state index in [0.29, 0.717) is 19.5 Å². The number of carbonyl (C=O) groups excluding carboxylic acids is 1. The number of carbonyl (C=O) groups is 2. The summed E-state index contributed by atoms with van der Waals surface area (Å²) in [6.07, 6.45) is 3.90. The van der Waals surface area contributed by atoms with Gasteiger partial charge in [0, 0.05) is 17.6 Å². The Balaban J connectivity index is 2.01. The van der Waals surface area contributed by atoms with Crippen LogP contribution in [0.15, 0.2) is 6.20 Å². The van der Waals surface area contributed by atoms with Crippen LogP contribution < -0.4 is 5.32 Å². The van der Waals surface area contributed by atoms with Gasteiger partial charge in [-0.05, 0) is 33.1 Å². The van der Waals surface area contributed by atoms with Crippen LogP contribution in [0.3, 0.4) is 0 Å². The van der Waals surface area contributed by atoms with Crippen molar-refractivity contribution in [3.05, 3.63) is 16.1 Å². The van der Waals surface area contributed by atoms with Gasteiger partial charge in [0.2, 0.25) is 0 Å². The number of aromatic nitrogens is 1. The van der Waals surface area contributed by atoms with Gasteiger partial charge in [0.25, 0.3) is 0 Å². The van der Waals surface area contributed by atoms with Crippen molar-refractivity contribution in [3.8, 4) is 0 Å². The average molecular weight is 297 g/mol. The molecule has 1 fully saturated rings. The monoisotopic (exact) mass is 297 g/mol. The van der Waals surface area contributed by atoms with Crippen molar-refractivity contribution in [1.29, 1.82) is 0 Å². The topological polar surface area (TPSA) is 82.5 Å². The summed E-state index contributed by atoms with van der Waals surface area (Å²) in [7, 11) is 0. The molecule has 2 amide bonds. The average Bonchev–Trinajstić information content (AvgIpc) is 2.82. The van der Waals surface area contributed by atoms with Gasteiger partial charge >= 0.3 is 12.0 Å². The Morgan fingerprint density at radius 1 is 1.55 bits per heavy atom. The van der Waals surface area contributed by atoms with Crippen LogP contribution in [0.5, 0.6) is 0 Å². The molecule has 1 saturated heterocycles. The van der Waals surface area contributed by atoms with Crippen molar-refractivity contribution < 1.29 is 14.7 Å². The summed E-state index contributed by atoms with van der Waals surface area (Å²) in [5.41, 5.74) is -1.11. The molecule has 6 nitrogen and oxygen atoms in total. The number of rotatable bonds is 3. The number of likely N-dealkylation sites (tertiary alicyclic amines) is 1. The predicted molar refractivity (Wildman–Crippen MR) is 75.7 cm³/mol. The summed E-state index contributed by atoms with van der Waals surface area (Å²) >= 11 is 1.52. The Kier molecular flexibility index (Phi) is 4.27. The lowest BCUT2D eigenvalue weighted by molar-refractivity contribution is -0.150. The first-order valence-corrected chi connectivity index (χ1v) is 7.45. The highest BCUT2D eigenvalue weighted by molar-refractivity contribution is 7.11. The van der Waals surface area contributed by atoms with Gasteiger partial charge in [-0.3, -0.25) is 0 Å². The number of hydrogen-bond donors (Lipinski definition) is 2. The zero-order valence-electron chi connectivity index (χ0n) is 11.7. The van der Waals surface area contributed by atoms with Gasteiger partial charge in [-0.15, -0.1) is 11.3 Å². The summed E-state index contributed by atoms with van der Waals surface area (Å²) in [5, 5.41) is 13.1. The molecular weight excluding hydrogens is 278 g/mol. The Hall–Kier alpha value is -1.63. The van der Waals surface area contributed by atoms with Crippen molar-refractivity contribution >= 4 is 23.3 Å². The number of amides is 2. The quantitative estimate of drug-likeness (QED) is 0.894. The maximum absolute atomic E-state index is 12.2. The Morgan fingerprint density at radius 3 is 2.90 bits per heavy atom. The van der Waals surface area contributed by atoms with Crippen LogP contribution in [0.4, 0.5) is 4.79 Å². The number of carboxylic acid groups (broad SMARTS) is 1. The van der Waals surface area contributed by atoms with E-state index in [-0.39, 0.29) is 6.03 Å². The van der Waals surface area contributed by atoms with Crippen LogP contribution in [0, 0.1) is 6.92 Å². The minimum absolute atomic E-state index is 0.319. The largest absolute Gasteiger partial charge is 0.480 e. The fourth-order valence-electron chi connectivity index (χ4n) is 2.41. The minimum atomic E-state index is -1.11. The molecule has 1 aliphatic rings. The number of piperidine rings is 1. The van der Waals surface area contributed by atoms with E-state index in [2.05, 4.69) is 10.3 Å². The third-order valence-corrected chi connectivity index (χ3v) is 4.59. The number of hydrogen-bond acceptors (Lipinski definition) is 4. The van der Waals surface area contributed by atoms with Crippen molar-refractivity contribution in [2.75, 3.05) is 6.54 Å². The predicted octanol–water partition coefficient (Wildman–Crippen LogP) is 1.99. The van der Waals surface area contributed by atoms with Gasteiger partial charge in [0.15, 0.2) is 0 Å². The van der Waals surface area contributed by atoms with Crippen molar-refractivity contribution in [3.63, 3.8) is 0 Å². The van der Waals surface area contributed by atoms with E-state index in [1.807, 2.05) is 6.92 Å². The number of aliphatic carboxylic acids is 1. The Labute approximate surface area is 121 Å². The highest BCUT2D eigenvalue weighted by atomic mass is 32.1. The molecule has 110 valence electrons. The van der Waals surface area contributed by atoms with E-state index < -0.39 is 11.5 Å². The first kappa shape index (κ1) is 14.8. The molecule has 1 aliphatic heterocycles. The number of carboxylic acids is 1. The summed E-state index contributed by atoms with van der Waals surface area (Å²) < 4.78 is 0. The zero-order valence-corrected chi connectivity index (χ0v) is 12.5. The number of nitrogens with one attached hydrogen (secondary N) is 1. The molecule has 2 heterocycles. The lowest BCUT2D eigenvalue weighted by Gasteiger charge is -2.41. The van der Waals surface area contributed by atoms with Gasteiger partial charge in [0.1, 0.15) is 5.54 Å². The highest BCUT2D eigenvalue weighted by Gasteiger charge is 2.43. The standard InChI is InChI=1S/C13H19N3O3S/c1-9-14-7-10(20-9)8-15-12(19)16-6-4-3-5-13(16,2)11(17)18/h7H,3-6,8H2,1-2H3,(H,15,19)(H,17,18). The first-order valence-electron chi connectivity index (χ1n) is 6.63. The number of aryl methyl sites for hydroxylation is 1. The third-order valence-electron chi connectivity index (χ3n) is 3.68. The van der Waals surface area contributed by atoms with Gasteiger partial charge in [-0.25, -0.2) is 14.6 Å². The smallest absolute Gasteiger partial charge is 0.329 e. The molecule has 0 spiro atoms. The van der Waals surface area contributed by atoms with Gasteiger partial charge in [-0.2, -0.15) is 0 Å². The number of thiazole rings is 1. The maximum Gasteiger partial charge on any atom is 0.329 e. The van der Waals surface area contributed by atoms with Crippen molar-refractivity contribution in [2.24, 2.45) is 0 Å². The van der Waals surface area contributed by atoms with E-state index in [1.54, 1.807) is 13.1 Å². The molecule has 0 saturated carbocycles. The Morgan fingerprint density at radius 2 is 2.30 bits per heavy atom. The summed E-state index contributed by atoms with van der Waals surface area (Å²) in [5.74, 6) is -0.944. The Bertz CT molecular complexity index is 517. The maximum atomic E-state index is 12.2. The molecule has 1 aromatic rings.